The van der Waals surface area contributed by atoms with E-state index in [0.29, 0.717) is 42.7 Å². The first-order chi connectivity index (χ1) is 27.4. The van der Waals surface area contributed by atoms with Gasteiger partial charge in [-0.15, -0.1) is 24.7 Å². The molecule has 1 saturated heterocycles. The highest BCUT2D eigenvalue weighted by atomic mass is 19.1. The molecule has 1 amide bonds. The van der Waals surface area contributed by atoms with E-state index < -0.39 is 46.6 Å². The number of terminal acetylenes is 2. The average molecular weight is 807 g/mol. The van der Waals surface area contributed by atoms with Crippen LogP contribution < -0.4 is 14.8 Å². The van der Waals surface area contributed by atoms with Crippen molar-refractivity contribution in [2.75, 3.05) is 13.2 Å². The standard InChI is InChI=1S/C45H56F2N2O9/c1-8-19-44(4,5)42(53)49-24-35-30(26-57-43(54)45(6,7)20-9-2)23-48-28(3)41(35)58-40(52)12-10-11-29-13-16-34-33(37(51)22-38(34)55-25-29)17-15-32(50)27-56-39-21-31(46)14-18-36(39)47/h1-2,14-15,17-18,21,23,29,32-34,37-38,50-51H,10-13,16,19-20,22,24-27H2,3-7H3,(H,49,53)/b17-15+/t29-,32+,33+,34+,37+,38-/m0/s1. The molecular formula is C45H56F2N2O9. The molecule has 0 radical (unpaired) electrons. The fourth-order valence-electron chi connectivity index (χ4n) is 7.26. The van der Waals surface area contributed by atoms with E-state index in [1.54, 1.807) is 40.7 Å². The zero-order valence-electron chi connectivity index (χ0n) is 34.0. The topological polar surface area (TPSA) is 154 Å². The van der Waals surface area contributed by atoms with Crippen molar-refractivity contribution in [2.24, 2.45) is 28.6 Å². The largest absolute Gasteiger partial charge is 0.487 e. The molecule has 2 heterocycles. The number of carbonyl (C=O) groups excluding carboxylic acids is 3. The molecule has 3 N–H and O–H groups in total. The number of esters is 2. The highest BCUT2D eigenvalue weighted by Gasteiger charge is 2.43. The molecule has 1 saturated carbocycles. The summed E-state index contributed by atoms with van der Waals surface area (Å²) < 4.78 is 50.4. The van der Waals surface area contributed by atoms with Crippen molar-refractivity contribution >= 4 is 17.8 Å². The highest BCUT2D eigenvalue weighted by Crippen LogP contribution is 2.42. The second-order valence-corrected chi connectivity index (χ2v) is 16.5. The molecule has 1 aliphatic heterocycles. The van der Waals surface area contributed by atoms with Crippen LogP contribution in [0.5, 0.6) is 11.5 Å². The number of aliphatic hydroxyl groups is 2. The van der Waals surface area contributed by atoms with Crippen molar-refractivity contribution in [1.29, 1.82) is 0 Å². The van der Waals surface area contributed by atoms with Gasteiger partial charge in [-0.3, -0.25) is 19.4 Å². The number of amides is 1. The van der Waals surface area contributed by atoms with Crippen LogP contribution in [0.1, 0.15) is 95.9 Å². The maximum atomic E-state index is 13.9. The van der Waals surface area contributed by atoms with Gasteiger partial charge in [0, 0.05) is 68.1 Å². The molecule has 2 fully saturated rings. The summed E-state index contributed by atoms with van der Waals surface area (Å²) >= 11 is 0. The van der Waals surface area contributed by atoms with Gasteiger partial charge in [0.05, 0.1) is 28.7 Å². The zero-order valence-corrected chi connectivity index (χ0v) is 34.0. The van der Waals surface area contributed by atoms with E-state index in [0.717, 1.165) is 31.0 Å². The first-order valence-electron chi connectivity index (χ1n) is 19.7. The number of halogens is 2. The third-order valence-electron chi connectivity index (χ3n) is 10.9. The number of benzene rings is 1. The Balaban J connectivity index is 1.34. The van der Waals surface area contributed by atoms with E-state index in [1.165, 1.54) is 12.3 Å². The SMILES string of the molecule is C#CCC(C)(C)C(=O)NCc1c(COC(=O)C(C)(C)CC#C)cnc(C)c1OC(=O)CCC[C@H]1CC[C@@H]2[C@@H](/C=C/[C@@H](O)COc3cc(F)ccc3F)[C@H](O)C[C@@H]2OC1. The van der Waals surface area contributed by atoms with Crippen molar-refractivity contribution in [3.63, 3.8) is 0 Å². The van der Waals surface area contributed by atoms with Gasteiger partial charge in [0.15, 0.2) is 17.3 Å². The van der Waals surface area contributed by atoms with Crippen LogP contribution in [0.4, 0.5) is 8.78 Å². The molecule has 0 bridgehead atoms. The summed E-state index contributed by atoms with van der Waals surface area (Å²) in [4.78, 5) is 43.7. The number of aromatic nitrogens is 1. The van der Waals surface area contributed by atoms with Crippen LogP contribution in [-0.4, -0.2) is 64.6 Å². The van der Waals surface area contributed by atoms with Gasteiger partial charge < -0.3 is 34.5 Å². The molecule has 314 valence electrons. The molecule has 2 aliphatic rings. The molecule has 4 rings (SSSR count). The van der Waals surface area contributed by atoms with E-state index in [-0.39, 0.29) is 80.3 Å². The quantitative estimate of drug-likeness (QED) is 0.0891. The number of nitrogens with one attached hydrogen (secondary N) is 1. The lowest BCUT2D eigenvalue weighted by Crippen LogP contribution is -2.36. The Morgan fingerprint density at radius 3 is 2.57 bits per heavy atom. The molecular weight excluding hydrogens is 750 g/mol. The van der Waals surface area contributed by atoms with Crippen LogP contribution in [0.25, 0.3) is 0 Å². The van der Waals surface area contributed by atoms with Crippen molar-refractivity contribution in [1.82, 2.24) is 10.3 Å². The van der Waals surface area contributed by atoms with E-state index in [1.807, 2.05) is 0 Å². The summed E-state index contributed by atoms with van der Waals surface area (Å²) in [6, 6.07) is 2.84. The smallest absolute Gasteiger partial charge is 0.312 e. The third-order valence-corrected chi connectivity index (χ3v) is 10.9. The number of nitrogens with zero attached hydrogens (tertiary/aromatic N) is 1. The number of hydrogen-bond acceptors (Lipinski definition) is 10. The van der Waals surface area contributed by atoms with Crippen LogP contribution in [0.3, 0.4) is 0 Å². The van der Waals surface area contributed by atoms with Crippen LogP contribution >= 0.6 is 0 Å². The lowest BCUT2D eigenvalue weighted by Gasteiger charge is -2.23. The second-order valence-electron chi connectivity index (χ2n) is 16.5. The number of pyridine rings is 1. The minimum absolute atomic E-state index is 0.0106. The predicted molar refractivity (Wildman–Crippen MR) is 212 cm³/mol. The van der Waals surface area contributed by atoms with Crippen LogP contribution in [0.2, 0.25) is 0 Å². The van der Waals surface area contributed by atoms with Gasteiger partial charge in [0.2, 0.25) is 5.91 Å². The van der Waals surface area contributed by atoms with E-state index in [4.69, 9.17) is 31.8 Å². The highest BCUT2D eigenvalue weighted by molar-refractivity contribution is 5.82. The maximum Gasteiger partial charge on any atom is 0.312 e. The normalized spacial score (nSPS) is 21.3. The minimum atomic E-state index is -1.11. The number of ether oxygens (including phenoxy) is 4. The van der Waals surface area contributed by atoms with Crippen LogP contribution in [0.15, 0.2) is 36.5 Å². The molecule has 1 aliphatic carbocycles. The number of rotatable bonds is 18. The first-order valence-corrected chi connectivity index (χ1v) is 19.7. The lowest BCUT2D eigenvalue weighted by molar-refractivity contribution is -0.155. The summed E-state index contributed by atoms with van der Waals surface area (Å²) in [5, 5.41) is 24.2. The molecule has 11 nitrogen and oxygen atoms in total. The van der Waals surface area contributed by atoms with Crippen LogP contribution in [0, 0.1) is 71.8 Å². The Morgan fingerprint density at radius 1 is 1.12 bits per heavy atom. The predicted octanol–water partition coefficient (Wildman–Crippen LogP) is 6.29. The van der Waals surface area contributed by atoms with Gasteiger partial charge in [0.1, 0.15) is 25.1 Å². The fourth-order valence-corrected chi connectivity index (χ4v) is 7.26. The number of aryl methyl sites for hydroxylation is 1. The van der Waals surface area contributed by atoms with Crippen LogP contribution in [-0.2, 0) is 37.0 Å². The maximum absolute atomic E-state index is 13.9. The molecule has 13 heteroatoms. The number of hydrogen-bond donors (Lipinski definition) is 3. The van der Waals surface area contributed by atoms with Gasteiger partial charge in [-0.05, 0) is 70.4 Å². The Kier molecular flexibility index (Phi) is 16.4. The zero-order chi connectivity index (χ0) is 42.6. The minimum Gasteiger partial charge on any atom is -0.487 e. The Morgan fingerprint density at radius 2 is 1.84 bits per heavy atom. The molecule has 1 aromatic carbocycles. The third kappa shape index (κ3) is 12.6. The molecule has 1 aromatic heterocycles. The van der Waals surface area contributed by atoms with E-state index >= 15 is 0 Å². The second kappa shape index (κ2) is 20.7. The number of aliphatic hydroxyl groups excluding tert-OH is 2. The van der Waals surface area contributed by atoms with Gasteiger partial charge in [-0.2, -0.15) is 0 Å². The summed E-state index contributed by atoms with van der Waals surface area (Å²) in [5.41, 5.74) is -0.464. The fraction of sp³-hybridized carbons (Fsp3) is 0.556. The van der Waals surface area contributed by atoms with Gasteiger partial charge in [0.25, 0.3) is 0 Å². The van der Waals surface area contributed by atoms with E-state index in [2.05, 4.69) is 22.1 Å². The molecule has 0 unspecified atom stereocenters. The van der Waals surface area contributed by atoms with E-state index in [9.17, 15) is 33.4 Å². The molecule has 6 atom stereocenters. The van der Waals surface area contributed by atoms with Crippen molar-refractivity contribution in [3.05, 3.63) is 65.0 Å². The number of fused-ring (bicyclic) bond motifs is 1. The molecule has 58 heavy (non-hydrogen) atoms. The van der Waals surface area contributed by atoms with Crippen molar-refractivity contribution in [2.45, 2.75) is 117 Å². The first kappa shape index (κ1) is 45.9. The van der Waals surface area contributed by atoms with Gasteiger partial charge in [-0.1, -0.05) is 26.0 Å². The van der Waals surface area contributed by atoms with Gasteiger partial charge in [-0.25, -0.2) is 8.78 Å². The Labute approximate surface area is 340 Å². The Hall–Kier alpha value is -4.82. The van der Waals surface area contributed by atoms with Crippen molar-refractivity contribution in [3.8, 4) is 36.2 Å². The molecule has 2 aromatic rings. The summed E-state index contributed by atoms with van der Waals surface area (Å²) in [7, 11) is 0. The summed E-state index contributed by atoms with van der Waals surface area (Å²) in [5.74, 6) is 2.10. The Bertz CT molecular complexity index is 1880. The van der Waals surface area contributed by atoms with Gasteiger partial charge >= 0.3 is 11.9 Å². The van der Waals surface area contributed by atoms with Crippen molar-refractivity contribution < 1.29 is 52.3 Å². The lowest BCUT2D eigenvalue weighted by atomic mass is 9.86. The monoisotopic (exact) mass is 806 g/mol. The summed E-state index contributed by atoms with van der Waals surface area (Å²) in [6.45, 7) is 8.48. The average Bonchev–Trinajstić information content (AvgIpc) is 3.33. The number of carbonyl (C=O) groups is 3. The summed E-state index contributed by atoms with van der Waals surface area (Å²) in [6.07, 6.45) is 17.5. The molecule has 0 spiro atoms.